The second-order valence-electron chi connectivity index (χ2n) is 4.20. The molecule has 0 amide bonds. The van der Waals surface area contributed by atoms with Crippen molar-refractivity contribution in [3.8, 4) is 5.75 Å². The molecule has 114 valence electrons. The minimum atomic E-state index is -3.66. The van der Waals surface area contributed by atoms with E-state index >= 15 is 0 Å². The molecule has 0 radical (unpaired) electrons. The van der Waals surface area contributed by atoms with Crippen LogP contribution in [-0.4, -0.2) is 36.4 Å². The summed E-state index contributed by atoms with van der Waals surface area (Å²) in [5, 5.41) is -0.0114. The molecule has 1 N–H and O–H groups in total. The van der Waals surface area contributed by atoms with E-state index in [1.807, 2.05) is 0 Å². The molecule has 0 fully saturated rings. The zero-order valence-electron chi connectivity index (χ0n) is 11.0. The van der Waals surface area contributed by atoms with Gasteiger partial charge >= 0.3 is 6.61 Å². The Kier molecular flexibility index (Phi) is 4.53. The maximum Gasteiger partial charge on any atom is 0.387 e. The number of ether oxygens (including phenoxy) is 1. The Balaban J connectivity index is 2.08. The molecule has 0 spiro atoms. The number of sulfonamides is 1. The van der Waals surface area contributed by atoms with Crippen molar-refractivity contribution < 1.29 is 21.9 Å². The number of hydrogen-bond donors (Lipinski definition) is 1. The first kappa shape index (κ1) is 15.4. The lowest BCUT2D eigenvalue weighted by atomic mass is 10.2. The molecule has 6 nitrogen and oxygen atoms in total. The fourth-order valence-electron chi connectivity index (χ4n) is 1.67. The maximum absolute atomic E-state index is 12.1. The SMILES string of the molecule is CN(Cc1ccc(OC(F)F)cc1)S(=O)(=O)c1cnc[nH]1. The molecule has 21 heavy (non-hydrogen) atoms. The number of imidazole rings is 1. The van der Waals surface area contributed by atoms with E-state index in [0.29, 0.717) is 5.56 Å². The monoisotopic (exact) mass is 317 g/mol. The van der Waals surface area contributed by atoms with Gasteiger partial charge in [0.1, 0.15) is 5.75 Å². The molecule has 0 aliphatic rings. The first-order valence-corrected chi connectivity index (χ1v) is 7.32. The average molecular weight is 317 g/mol. The number of alkyl halides is 2. The van der Waals surface area contributed by atoms with Crippen molar-refractivity contribution >= 4 is 10.0 Å². The second-order valence-corrected chi connectivity index (χ2v) is 6.21. The number of hydrogen-bond acceptors (Lipinski definition) is 4. The van der Waals surface area contributed by atoms with Gasteiger partial charge in [0.2, 0.25) is 0 Å². The molecule has 1 heterocycles. The second kappa shape index (κ2) is 6.19. The minimum absolute atomic E-state index is 0.0114. The molecule has 0 aliphatic heterocycles. The van der Waals surface area contributed by atoms with Crippen LogP contribution in [0, 0.1) is 0 Å². The van der Waals surface area contributed by atoms with E-state index in [4.69, 9.17) is 0 Å². The third-order valence-electron chi connectivity index (χ3n) is 2.72. The lowest BCUT2D eigenvalue weighted by Gasteiger charge is -2.16. The number of aromatic nitrogens is 2. The van der Waals surface area contributed by atoms with Gasteiger partial charge in [-0.05, 0) is 17.7 Å². The summed E-state index contributed by atoms with van der Waals surface area (Å²) in [4.78, 5) is 6.20. The van der Waals surface area contributed by atoms with Gasteiger partial charge in [0, 0.05) is 13.6 Å². The van der Waals surface area contributed by atoms with Crippen molar-refractivity contribution in [1.29, 1.82) is 0 Å². The number of rotatable bonds is 6. The van der Waals surface area contributed by atoms with Crippen LogP contribution in [0.15, 0.2) is 41.8 Å². The smallest absolute Gasteiger partial charge is 0.387 e. The van der Waals surface area contributed by atoms with Gasteiger partial charge in [-0.15, -0.1) is 0 Å². The van der Waals surface area contributed by atoms with Crippen molar-refractivity contribution in [2.45, 2.75) is 18.2 Å². The number of benzene rings is 1. The van der Waals surface area contributed by atoms with Crippen LogP contribution >= 0.6 is 0 Å². The number of aromatic amines is 1. The highest BCUT2D eigenvalue weighted by molar-refractivity contribution is 7.89. The molecule has 2 aromatic rings. The van der Waals surface area contributed by atoms with Gasteiger partial charge in [-0.3, -0.25) is 0 Å². The molecule has 0 bridgehead atoms. The Morgan fingerprint density at radius 3 is 2.52 bits per heavy atom. The third kappa shape index (κ3) is 3.76. The lowest BCUT2D eigenvalue weighted by Crippen LogP contribution is -2.26. The van der Waals surface area contributed by atoms with Crippen molar-refractivity contribution in [2.75, 3.05) is 7.05 Å². The quantitative estimate of drug-likeness (QED) is 0.882. The van der Waals surface area contributed by atoms with Crippen molar-refractivity contribution in [2.24, 2.45) is 0 Å². The maximum atomic E-state index is 12.1. The Hall–Kier alpha value is -2.00. The van der Waals surface area contributed by atoms with E-state index in [-0.39, 0.29) is 17.3 Å². The molecular formula is C12H13F2N3O3S. The summed E-state index contributed by atoms with van der Waals surface area (Å²) in [6.07, 6.45) is 2.49. The van der Waals surface area contributed by atoms with E-state index in [1.54, 1.807) is 0 Å². The highest BCUT2D eigenvalue weighted by Gasteiger charge is 2.22. The Bertz CT molecular complexity index is 672. The highest BCUT2D eigenvalue weighted by atomic mass is 32.2. The largest absolute Gasteiger partial charge is 0.435 e. The van der Waals surface area contributed by atoms with Crippen LogP contribution in [0.3, 0.4) is 0 Å². The van der Waals surface area contributed by atoms with Crippen LogP contribution < -0.4 is 4.74 Å². The summed E-state index contributed by atoms with van der Waals surface area (Å²) in [6.45, 7) is -2.80. The number of H-pyrrole nitrogens is 1. The molecule has 0 aliphatic carbocycles. The Labute approximate surface area is 120 Å². The van der Waals surface area contributed by atoms with E-state index in [1.165, 1.54) is 43.8 Å². The van der Waals surface area contributed by atoms with E-state index < -0.39 is 16.6 Å². The standard InChI is InChI=1S/C12H13F2N3O3S/c1-17(21(18,19)11-6-15-8-16-11)7-9-2-4-10(5-3-9)20-12(13)14/h2-6,8,12H,7H2,1H3,(H,15,16). The summed E-state index contributed by atoms with van der Waals surface area (Å²) in [5.41, 5.74) is 0.641. The fraction of sp³-hybridized carbons (Fsp3) is 0.250. The molecular weight excluding hydrogens is 304 g/mol. The molecule has 0 unspecified atom stereocenters. The van der Waals surface area contributed by atoms with Crippen LogP contribution in [0.25, 0.3) is 0 Å². The van der Waals surface area contributed by atoms with Gasteiger partial charge in [0.25, 0.3) is 10.0 Å². The summed E-state index contributed by atoms with van der Waals surface area (Å²) in [7, 11) is -2.24. The first-order chi connectivity index (χ1) is 9.89. The zero-order chi connectivity index (χ0) is 15.5. The van der Waals surface area contributed by atoms with E-state index in [2.05, 4.69) is 14.7 Å². The fourth-order valence-corrected chi connectivity index (χ4v) is 2.72. The predicted molar refractivity (Wildman–Crippen MR) is 70.3 cm³/mol. The van der Waals surface area contributed by atoms with Crippen LogP contribution in [0.1, 0.15) is 5.56 Å². The van der Waals surface area contributed by atoms with Gasteiger partial charge in [0.05, 0.1) is 12.5 Å². The molecule has 9 heteroatoms. The predicted octanol–water partition coefficient (Wildman–Crippen LogP) is 1.83. The third-order valence-corrected chi connectivity index (χ3v) is 4.44. The van der Waals surface area contributed by atoms with Crippen LogP contribution in [-0.2, 0) is 16.6 Å². The normalized spacial score (nSPS) is 12.0. The van der Waals surface area contributed by atoms with Crippen molar-refractivity contribution in [1.82, 2.24) is 14.3 Å². The zero-order valence-corrected chi connectivity index (χ0v) is 11.8. The Morgan fingerprint density at radius 1 is 1.33 bits per heavy atom. The van der Waals surface area contributed by atoms with Crippen molar-refractivity contribution in [3.05, 3.63) is 42.4 Å². The summed E-state index contributed by atoms with van der Waals surface area (Å²) in [6, 6.07) is 5.77. The van der Waals surface area contributed by atoms with Crippen LogP contribution in [0.2, 0.25) is 0 Å². The number of nitrogens with zero attached hydrogens (tertiary/aromatic N) is 2. The topological polar surface area (TPSA) is 75.3 Å². The first-order valence-electron chi connectivity index (χ1n) is 5.88. The van der Waals surface area contributed by atoms with Gasteiger partial charge in [0.15, 0.2) is 5.03 Å². The molecule has 2 rings (SSSR count). The summed E-state index contributed by atoms with van der Waals surface area (Å²) in [5.74, 6) is 0.0211. The molecule has 1 aromatic heterocycles. The van der Waals surface area contributed by atoms with Crippen LogP contribution in [0.4, 0.5) is 8.78 Å². The lowest BCUT2D eigenvalue weighted by molar-refractivity contribution is -0.0498. The van der Waals surface area contributed by atoms with Gasteiger partial charge in [-0.2, -0.15) is 13.1 Å². The molecule has 1 aromatic carbocycles. The summed E-state index contributed by atoms with van der Waals surface area (Å²) < 4.78 is 53.7. The van der Waals surface area contributed by atoms with E-state index in [9.17, 15) is 17.2 Å². The molecule has 0 atom stereocenters. The summed E-state index contributed by atoms with van der Waals surface area (Å²) >= 11 is 0. The van der Waals surface area contributed by atoms with Gasteiger partial charge in [-0.1, -0.05) is 12.1 Å². The van der Waals surface area contributed by atoms with E-state index in [0.717, 1.165) is 4.31 Å². The van der Waals surface area contributed by atoms with Gasteiger partial charge < -0.3 is 9.72 Å². The highest BCUT2D eigenvalue weighted by Crippen LogP contribution is 2.18. The number of nitrogens with one attached hydrogen (secondary N) is 1. The van der Waals surface area contributed by atoms with Gasteiger partial charge in [-0.25, -0.2) is 13.4 Å². The minimum Gasteiger partial charge on any atom is -0.435 e. The molecule has 0 saturated carbocycles. The van der Waals surface area contributed by atoms with Crippen LogP contribution in [0.5, 0.6) is 5.75 Å². The Morgan fingerprint density at radius 2 is 2.00 bits per heavy atom. The average Bonchev–Trinajstić information content (AvgIpc) is 2.95. The number of halogens is 2. The molecule has 0 saturated heterocycles. The van der Waals surface area contributed by atoms with Crippen molar-refractivity contribution in [3.63, 3.8) is 0 Å².